The first-order chi connectivity index (χ1) is 4.81. The SMILES string of the molecule is CNCCNNC(=O)NC. The molecule has 0 saturated heterocycles. The van der Waals surface area contributed by atoms with Gasteiger partial charge in [-0.25, -0.2) is 10.2 Å². The van der Waals surface area contributed by atoms with Gasteiger partial charge in [-0.1, -0.05) is 0 Å². The summed E-state index contributed by atoms with van der Waals surface area (Å²) in [6, 6.07) is -0.226. The number of rotatable bonds is 4. The van der Waals surface area contributed by atoms with Crippen LogP contribution in [0.4, 0.5) is 4.79 Å². The van der Waals surface area contributed by atoms with Gasteiger partial charge in [-0.3, -0.25) is 5.43 Å². The minimum atomic E-state index is -0.226. The zero-order valence-electron chi connectivity index (χ0n) is 6.32. The van der Waals surface area contributed by atoms with Gasteiger partial charge in [0.2, 0.25) is 0 Å². The Balaban J connectivity index is 2.96. The van der Waals surface area contributed by atoms with E-state index in [4.69, 9.17) is 0 Å². The third-order valence-electron chi connectivity index (χ3n) is 0.929. The first-order valence-electron chi connectivity index (χ1n) is 3.16. The molecule has 60 valence electrons. The maximum Gasteiger partial charge on any atom is 0.328 e. The summed E-state index contributed by atoms with van der Waals surface area (Å²) in [5, 5.41) is 5.33. The summed E-state index contributed by atoms with van der Waals surface area (Å²) in [5.41, 5.74) is 5.14. The van der Waals surface area contributed by atoms with Crippen molar-refractivity contribution >= 4 is 6.03 Å². The molecule has 0 radical (unpaired) electrons. The molecule has 0 aliphatic heterocycles. The molecule has 0 atom stereocenters. The summed E-state index contributed by atoms with van der Waals surface area (Å²) < 4.78 is 0. The van der Waals surface area contributed by atoms with Crippen LogP contribution in [-0.2, 0) is 0 Å². The average molecular weight is 146 g/mol. The minimum Gasteiger partial charge on any atom is -0.340 e. The van der Waals surface area contributed by atoms with Gasteiger partial charge in [0.05, 0.1) is 0 Å². The van der Waals surface area contributed by atoms with E-state index in [1.807, 2.05) is 7.05 Å². The molecule has 0 unspecified atom stereocenters. The summed E-state index contributed by atoms with van der Waals surface area (Å²) in [7, 11) is 3.41. The Bertz CT molecular complexity index is 95.6. The summed E-state index contributed by atoms with van der Waals surface area (Å²) in [4.78, 5) is 10.5. The molecule has 5 heteroatoms. The second-order valence-corrected chi connectivity index (χ2v) is 1.73. The molecule has 0 aromatic carbocycles. The minimum absolute atomic E-state index is 0.226. The molecule has 0 heterocycles. The van der Waals surface area contributed by atoms with Crippen LogP contribution < -0.4 is 21.5 Å². The molecular formula is C5H14N4O. The zero-order chi connectivity index (χ0) is 7.82. The largest absolute Gasteiger partial charge is 0.340 e. The third kappa shape index (κ3) is 5.33. The van der Waals surface area contributed by atoms with Crippen molar-refractivity contribution in [3.63, 3.8) is 0 Å². The highest BCUT2D eigenvalue weighted by Gasteiger charge is 1.90. The van der Waals surface area contributed by atoms with Crippen LogP contribution in [0.1, 0.15) is 0 Å². The number of hydrazine groups is 1. The second kappa shape index (κ2) is 6.31. The Kier molecular flexibility index (Phi) is 5.80. The van der Waals surface area contributed by atoms with E-state index in [0.29, 0.717) is 6.54 Å². The summed E-state index contributed by atoms with van der Waals surface area (Å²) in [6.07, 6.45) is 0. The van der Waals surface area contributed by atoms with Crippen molar-refractivity contribution in [3.05, 3.63) is 0 Å². The molecule has 0 aliphatic carbocycles. The lowest BCUT2D eigenvalue weighted by molar-refractivity contribution is 0.238. The molecule has 0 aromatic heterocycles. The van der Waals surface area contributed by atoms with Crippen LogP contribution in [0.25, 0.3) is 0 Å². The van der Waals surface area contributed by atoms with Crippen LogP contribution in [-0.4, -0.2) is 33.2 Å². The van der Waals surface area contributed by atoms with Crippen LogP contribution in [0.3, 0.4) is 0 Å². The molecule has 0 aromatic rings. The predicted octanol–water partition coefficient (Wildman–Crippen LogP) is -1.36. The summed E-state index contributed by atoms with van der Waals surface area (Å²) in [5.74, 6) is 0. The molecule has 10 heavy (non-hydrogen) atoms. The van der Waals surface area contributed by atoms with Gasteiger partial charge >= 0.3 is 6.03 Å². The number of urea groups is 1. The van der Waals surface area contributed by atoms with Gasteiger partial charge in [0.25, 0.3) is 0 Å². The predicted molar refractivity (Wildman–Crippen MR) is 39.5 cm³/mol. The Labute approximate surface area is 60.5 Å². The van der Waals surface area contributed by atoms with Crippen molar-refractivity contribution in [2.75, 3.05) is 27.2 Å². The van der Waals surface area contributed by atoms with Crippen LogP contribution in [0.2, 0.25) is 0 Å². The molecule has 5 nitrogen and oxygen atoms in total. The lowest BCUT2D eigenvalue weighted by Crippen LogP contribution is -2.44. The number of likely N-dealkylation sites (N-methyl/N-ethyl adjacent to an activating group) is 1. The van der Waals surface area contributed by atoms with Gasteiger partial charge in [-0.15, -0.1) is 0 Å². The molecule has 4 N–H and O–H groups in total. The highest BCUT2D eigenvalue weighted by molar-refractivity contribution is 5.72. The number of hydrogen-bond donors (Lipinski definition) is 4. The van der Waals surface area contributed by atoms with Crippen molar-refractivity contribution in [1.29, 1.82) is 0 Å². The van der Waals surface area contributed by atoms with Crippen molar-refractivity contribution in [1.82, 2.24) is 21.5 Å². The number of carbonyl (C=O) groups is 1. The van der Waals surface area contributed by atoms with Crippen molar-refractivity contribution in [2.24, 2.45) is 0 Å². The quantitative estimate of drug-likeness (QED) is 0.292. The average Bonchev–Trinajstić information content (AvgIpc) is 1.98. The van der Waals surface area contributed by atoms with E-state index in [1.165, 1.54) is 0 Å². The zero-order valence-corrected chi connectivity index (χ0v) is 6.32. The van der Waals surface area contributed by atoms with Gasteiger partial charge < -0.3 is 10.6 Å². The molecule has 0 bridgehead atoms. The van der Waals surface area contributed by atoms with Gasteiger partial charge in [0.1, 0.15) is 0 Å². The second-order valence-electron chi connectivity index (χ2n) is 1.73. The van der Waals surface area contributed by atoms with E-state index in [0.717, 1.165) is 6.54 Å². The van der Waals surface area contributed by atoms with Gasteiger partial charge in [-0.2, -0.15) is 0 Å². The molecule has 0 fully saturated rings. The molecule has 0 rings (SSSR count). The van der Waals surface area contributed by atoms with E-state index in [2.05, 4.69) is 21.5 Å². The lowest BCUT2D eigenvalue weighted by atomic mass is 10.6. The fourth-order valence-electron chi connectivity index (χ4n) is 0.393. The Hall–Kier alpha value is -0.810. The van der Waals surface area contributed by atoms with Crippen molar-refractivity contribution in [2.45, 2.75) is 0 Å². The topological polar surface area (TPSA) is 65.2 Å². The first-order valence-corrected chi connectivity index (χ1v) is 3.16. The van der Waals surface area contributed by atoms with Crippen molar-refractivity contribution in [3.8, 4) is 0 Å². The Morgan fingerprint density at radius 2 is 2.00 bits per heavy atom. The monoisotopic (exact) mass is 146 g/mol. The maximum atomic E-state index is 10.5. The summed E-state index contributed by atoms with van der Waals surface area (Å²) >= 11 is 0. The summed E-state index contributed by atoms with van der Waals surface area (Å²) in [6.45, 7) is 1.54. The fraction of sp³-hybridized carbons (Fsp3) is 0.800. The van der Waals surface area contributed by atoms with E-state index < -0.39 is 0 Å². The first kappa shape index (κ1) is 9.19. The molecule has 0 saturated carbocycles. The van der Waals surface area contributed by atoms with E-state index in [-0.39, 0.29) is 6.03 Å². The van der Waals surface area contributed by atoms with Gasteiger partial charge in [0.15, 0.2) is 0 Å². The number of hydrogen-bond acceptors (Lipinski definition) is 3. The Morgan fingerprint density at radius 3 is 2.50 bits per heavy atom. The van der Waals surface area contributed by atoms with Crippen LogP contribution in [0.5, 0.6) is 0 Å². The van der Waals surface area contributed by atoms with Crippen LogP contribution in [0, 0.1) is 0 Å². The normalized spacial score (nSPS) is 9.00. The molecule has 2 amide bonds. The van der Waals surface area contributed by atoms with E-state index in [9.17, 15) is 4.79 Å². The number of amides is 2. The highest BCUT2D eigenvalue weighted by Crippen LogP contribution is 1.55. The molecule has 0 spiro atoms. The fourth-order valence-corrected chi connectivity index (χ4v) is 0.393. The van der Waals surface area contributed by atoms with Gasteiger partial charge in [0, 0.05) is 20.1 Å². The highest BCUT2D eigenvalue weighted by atomic mass is 16.2. The number of carbonyl (C=O) groups excluding carboxylic acids is 1. The molecular weight excluding hydrogens is 132 g/mol. The molecule has 0 aliphatic rings. The van der Waals surface area contributed by atoms with E-state index in [1.54, 1.807) is 7.05 Å². The standard InChI is InChI=1S/C5H14N4O/c1-6-3-4-8-9-5(10)7-2/h6,8H,3-4H2,1-2H3,(H2,7,9,10). The van der Waals surface area contributed by atoms with Gasteiger partial charge in [-0.05, 0) is 7.05 Å². The van der Waals surface area contributed by atoms with Crippen LogP contribution >= 0.6 is 0 Å². The van der Waals surface area contributed by atoms with Crippen LogP contribution in [0.15, 0.2) is 0 Å². The Morgan fingerprint density at radius 1 is 1.30 bits per heavy atom. The smallest absolute Gasteiger partial charge is 0.328 e. The maximum absolute atomic E-state index is 10.5. The van der Waals surface area contributed by atoms with E-state index >= 15 is 0 Å². The van der Waals surface area contributed by atoms with Crippen molar-refractivity contribution < 1.29 is 4.79 Å². The lowest BCUT2D eigenvalue weighted by Gasteiger charge is -2.04. The third-order valence-corrected chi connectivity index (χ3v) is 0.929. The number of nitrogens with one attached hydrogen (secondary N) is 4.